The smallest absolute Gasteiger partial charge is 0.200 e. The van der Waals surface area contributed by atoms with Crippen LogP contribution in [0.3, 0.4) is 0 Å². The normalized spacial score (nSPS) is 23.9. The van der Waals surface area contributed by atoms with Crippen molar-refractivity contribution >= 4 is 10.9 Å². The van der Waals surface area contributed by atoms with E-state index in [1.165, 1.54) is 0 Å². The van der Waals surface area contributed by atoms with Gasteiger partial charge in [-0.25, -0.2) is 0 Å². The maximum absolute atomic E-state index is 11.5. The quantitative estimate of drug-likeness (QED) is 0.780. The predicted molar refractivity (Wildman–Crippen MR) is 83.2 cm³/mol. The van der Waals surface area contributed by atoms with Crippen LogP contribution in [0.2, 0.25) is 0 Å². The lowest BCUT2D eigenvalue weighted by Gasteiger charge is -2.44. The summed E-state index contributed by atoms with van der Waals surface area (Å²) in [6.07, 6.45) is 0.808. The van der Waals surface area contributed by atoms with E-state index in [1.807, 2.05) is 67.7 Å². The molecule has 0 bridgehead atoms. The lowest BCUT2D eigenvalue weighted by atomic mass is 9.85. The van der Waals surface area contributed by atoms with Crippen molar-refractivity contribution in [3.8, 4) is 0 Å². The molecule has 4 rings (SSSR count). The molecular formula is C18H17NO3. The van der Waals surface area contributed by atoms with Gasteiger partial charge in [0, 0.05) is 22.7 Å². The standard InChI is InChI=1S/C18H17NO3/c1-12-21-17(22-12)18(20,13-7-3-2-4-8-13)15-11-19-16-10-6-5-9-14(15)16/h2-12,17,19-20H,1H3. The average molecular weight is 295 g/mol. The van der Waals surface area contributed by atoms with E-state index in [4.69, 9.17) is 9.47 Å². The van der Waals surface area contributed by atoms with Gasteiger partial charge in [-0.05, 0) is 18.6 Å². The Bertz CT molecular complexity index is 792. The molecule has 0 radical (unpaired) electrons. The molecule has 0 saturated carbocycles. The fraction of sp³-hybridized carbons (Fsp3) is 0.222. The Hall–Kier alpha value is -2.14. The third kappa shape index (κ3) is 1.89. The van der Waals surface area contributed by atoms with Crippen LogP contribution in [0, 0.1) is 0 Å². The topological polar surface area (TPSA) is 54.5 Å². The number of hydrogen-bond acceptors (Lipinski definition) is 3. The van der Waals surface area contributed by atoms with Crippen molar-refractivity contribution in [3.05, 3.63) is 71.9 Å². The molecule has 22 heavy (non-hydrogen) atoms. The SMILES string of the molecule is CC1OC(C(O)(c2ccccc2)c2c[nH]c3ccccc23)O1. The first kappa shape index (κ1) is 13.5. The highest BCUT2D eigenvalue weighted by Crippen LogP contribution is 2.42. The van der Waals surface area contributed by atoms with E-state index in [1.54, 1.807) is 0 Å². The number of H-pyrrole nitrogens is 1. The minimum absolute atomic E-state index is 0.301. The number of benzene rings is 2. The van der Waals surface area contributed by atoms with Crippen LogP contribution in [0.1, 0.15) is 18.1 Å². The minimum atomic E-state index is -1.35. The molecule has 0 amide bonds. The highest BCUT2D eigenvalue weighted by atomic mass is 16.9. The first-order valence-corrected chi connectivity index (χ1v) is 7.35. The molecule has 1 aliphatic rings. The van der Waals surface area contributed by atoms with E-state index >= 15 is 0 Å². The molecule has 0 spiro atoms. The number of aromatic amines is 1. The Kier molecular flexibility index (Phi) is 3.04. The highest BCUT2D eigenvalue weighted by molar-refractivity contribution is 5.84. The first-order valence-electron chi connectivity index (χ1n) is 7.35. The van der Waals surface area contributed by atoms with E-state index in [0.29, 0.717) is 0 Å². The van der Waals surface area contributed by atoms with Crippen molar-refractivity contribution in [1.82, 2.24) is 4.98 Å². The number of nitrogens with one attached hydrogen (secondary N) is 1. The van der Waals surface area contributed by atoms with Gasteiger partial charge in [0.1, 0.15) is 0 Å². The number of aliphatic hydroxyl groups is 1. The molecule has 3 aromatic rings. The first-order chi connectivity index (χ1) is 10.7. The van der Waals surface area contributed by atoms with Crippen molar-refractivity contribution in [2.45, 2.75) is 25.1 Å². The van der Waals surface area contributed by atoms with Gasteiger partial charge in [-0.15, -0.1) is 0 Å². The number of fused-ring (bicyclic) bond motifs is 1. The molecule has 4 nitrogen and oxygen atoms in total. The Morgan fingerprint density at radius 3 is 2.41 bits per heavy atom. The molecule has 4 heteroatoms. The molecule has 112 valence electrons. The van der Waals surface area contributed by atoms with Gasteiger partial charge in [-0.2, -0.15) is 0 Å². The fourth-order valence-electron chi connectivity index (χ4n) is 3.05. The summed E-state index contributed by atoms with van der Waals surface area (Å²) < 4.78 is 11.3. The molecular weight excluding hydrogens is 278 g/mol. The summed E-state index contributed by atoms with van der Waals surface area (Å²) >= 11 is 0. The molecule has 1 aromatic heterocycles. The van der Waals surface area contributed by atoms with E-state index in [2.05, 4.69) is 4.98 Å². The molecule has 2 aromatic carbocycles. The molecule has 1 aliphatic heterocycles. The van der Waals surface area contributed by atoms with Crippen LogP contribution in [0.25, 0.3) is 10.9 Å². The number of hydrogen-bond donors (Lipinski definition) is 2. The van der Waals surface area contributed by atoms with Gasteiger partial charge in [0.25, 0.3) is 0 Å². The molecule has 2 N–H and O–H groups in total. The largest absolute Gasteiger partial charge is 0.375 e. The summed E-state index contributed by atoms with van der Waals surface area (Å²) in [6.45, 7) is 1.82. The molecule has 1 fully saturated rings. The number of aromatic nitrogens is 1. The highest BCUT2D eigenvalue weighted by Gasteiger charge is 2.49. The maximum atomic E-state index is 11.5. The Morgan fingerprint density at radius 2 is 1.68 bits per heavy atom. The lowest BCUT2D eigenvalue weighted by Crippen LogP contribution is -2.54. The third-order valence-corrected chi connectivity index (χ3v) is 4.19. The molecule has 1 unspecified atom stereocenters. The van der Waals surface area contributed by atoms with Crippen molar-refractivity contribution in [2.24, 2.45) is 0 Å². The Balaban J connectivity index is 1.91. The van der Waals surface area contributed by atoms with Gasteiger partial charge in [-0.3, -0.25) is 0 Å². The second-order valence-electron chi connectivity index (χ2n) is 5.55. The van der Waals surface area contributed by atoms with Crippen LogP contribution in [0.4, 0.5) is 0 Å². The van der Waals surface area contributed by atoms with Gasteiger partial charge in [0.15, 0.2) is 11.9 Å². The van der Waals surface area contributed by atoms with Gasteiger partial charge in [0.2, 0.25) is 6.29 Å². The number of ether oxygens (including phenoxy) is 2. The van der Waals surface area contributed by atoms with Crippen LogP contribution in [0.5, 0.6) is 0 Å². The van der Waals surface area contributed by atoms with Gasteiger partial charge < -0.3 is 19.6 Å². The summed E-state index contributed by atoms with van der Waals surface area (Å²) in [4.78, 5) is 3.21. The predicted octanol–water partition coefficient (Wildman–Crippen LogP) is 3.12. The van der Waals surface area contributed by atoms with Crippen molar-refractivity contribution in [1.29, 1.82) is 0 Å². The van der Waals surface area contributed by atoms with E-state index in [-0.39, 0.29) is 6.29 Å². The maximum Gasteiger partial charge on any atom is 0.200 e. The fourth-order valence-corrected chi connectivity index (χ4v) is 3.05. The second-order valence-corrected chi connectivity index (χ2v) is 5.55. The second kappa shape index (κ2) is 4.95. The summed E-state index contributed by atoms with van der Waals surface area (Å²) in [5.41, 5.74) is 1.12. The zero-order valence-electron chi connectivity index (χ0n) is 12.2. The number of para-hydroxylation sites is 1. The van der Waals surface area contributed by atoms with E-state index < -0.39 is 11.9 Å². The van der Waals surface area contributed by atoms with Crippen molar-refractivity contribution < 1.29 is 14.6 Å². The number of rotatable bonds is 3. The minimum Gasteiger partial charge on any atom is -0.375 e. The summed E-state index contributed by atoms with van der Waals surface area (Å²) in [5.74, 6) is 0. The molecule has 1 saturated heterocycles. The molecule has 1 atom stereocenters. The monoisotopic (exact) mass is 295 g/mol. The van der Waals surface area contributed by atoms with E-state index in [0.717, 1.165) is 22.0 Å². The van der Waals surface area contributed by atoms with Crippen LogP contribution in [0.15, 0.2) is 60.8 Å². The van der Waals surface area contributed by atoms with Crippen LogP contribution >= 0.6 is 0 Å². The molecule has 0 aliphatic carbocycles. The summed E-state index contributed by atoms with van der Waals surface area (Å²) in [6, 6.07) is 17.4. The third-order valence-electron chi connectivity index (χ3n) is 4.19. The van der Waals surface area contributed by atoms with Crippen molar-refractivity contribution in [2.75, 3.05) is 0 Å². The zero-order chi connectivity index (χ0) is 15.2. The molecule has 2 heterocycles. The summed E-state index contributed by atoms with van der Waals surface area (Å²) in [7, 11) is 0. The lowest BCUT2D eigenvalue weighted by molar-refractivity contribution is -0.416. The van der Waals surface area contributed by atoms with Crippen LogP contribution in [-0.2, 0) is 15.1 Å². The van der Waals surface area contributed by atoms with Gasteiger partial charge in [-0.1, -0.05) is 48.5 Å². The summed E-state index contributed by atoms with van der Waals surface area (Å²) in [5, 5.41) is 12.5. The van der Waals surface area contributed by atoms with Gasteiger partial charge in [0.05, 0.1) is 0 Å². The Morgan fingerprint density at radius 1 is 1.00 bits per heavy atom. The zero-order valence-corrected chi connectivity index (χ0v) is 12.2. The van der Waals surface area contributed by atoms with E-state index in [9.17, 15) is 5.11 Å². The van der Waals surface area contributed by atoms with Crippen LogP contribution < -0.4 is 0 Å². The van der Waals surface area contributed by atoms with Gasteiger partial charge >= 0.3 is 0 Å². The average Bonchev–Trinajstić information content (AvgIpc) is 2.97. The van der Waals surface area contributed by atoms with Crippen LogP contribution in [-0.4, -0.2) is 22.7 Å². The Labute approximate surface area is 128 Å². The van der Waals surface area contributed by atoms with Crippen molar-refractivity contribution in [3.63, 3.8) is 0 Å².